The van der Waals surface area contributed by atoms with E-state index in [1.165, 1.54) is 12.8 Å². The molecule has 4 aliphatic rings. The van der Waals surface area contributed by atoms with Crippen molar-refractivity contribution in [2.24, 2.45) is 28.6 Å². The summed E-state index contributed by atoms with van der Waals surface area (Å²) in [5.41, 5.74) is -0.0424. The molecule has 0 aromatic carbocycles. The molecule has 4 aliphatic carbocycles. The third kappa shape index (κ3) is 1.29. The summed E-state index contributed by atoms with van der Waals surface area (Å²) in [6.07, 6.45) is 7.79. The van der Waals surface area contributed by atoms with Crippen LogP contribution in [0.2, 0.25) is 0 Å². The van der Waals surface area contributed by atoms with Gasteiger partial charge in [-0.05, 0) is 54.8 Å². The fourth-order valence-electron chi connectivity index (χ4n) is 5.03. The van der Waals surface area contributed by atoms with Gasteiger partial charge in [-0.15, -0.1) is 0 Å². The fourth-order valence-corrected chi connectivity index (χ4v) is 5.03. The quantitative estimate of drug-likeness (QED) is 0.736. The molecule has 0 aliphatic heterocycles. The molecule has 2 nitrogen and oxygen atoms in total. The van der Waals surface area contributed by atoms with Gasteiger partial charge in [-0.25, -0.2) is 0 Å². The molecular formula is C15H24O2. The van der Waals surface area contributed by atoms with Crippen LogP contribution in [0.4, 0.5) is 0 Å². The molecule has 0 aromatic rings. The van der Waals surface area contributed by atoms with Gasteiger partial charge in [0.05, 0.1) is 6.61 Å². The first-order valence-electron chi connectivity index (χ1n) is 6.86. The van der Waals surface area contributed by atoms with Crippen molar-refractivity contribution in [2.75, 3.05) is 6.61 Å². The van der Waals surface area contributed by atoms with Crippen molar-refractivity contribution >= 4 is 0 Å². The number of aliphatic hydroxyl groups is 2. The van der Waals surface area contributed by atoms with Gasteiger partial charge >= 0.3 is 0 Å². The lowest BCUT2D eigenvalue weighted by Crippen LogP contribution is -2.28. The molecule has 0 aromatic heterocycles. The summed E-state index contributed by atoms with van der Waals surface area (Å²) in [4.78, 5) is 0. The lowest BCUT2D eigenvalue weighted by Gasteiger charge is -2.33. The molecule has 0 heterocycles. The standard InChI is InChI=1S/C15H24O2/c1-13(17,9-16)5-4-6-14(2)10-7-11-12(8-10)15(11,14)3/h4-5,10-12,16-17H,6-9H2,1-3H3/b5-4+. The van der Waals surface area contributed by atoms with Crippen LogP contribution in [0.1, 0.15) is 40.0 Å². The van der Waals surface area contributed by atoms with Gasteiger partial charge in [0.15, 0.2) is 0 Å². The normalized spacial score (nSPS) is 54.3. The minimum Gasteiger partial charge on any atom is -0.393 e. The first-order chi connectivity index (χ1) is 7.85. The minimum atomic E-state index is -1.05. The van der Waals surface area contributed by atoms with Crippen LogP contribution in [-0.4, -0.2) is 22.4 Å². The molecule has 0 amide bonds. The Morgan fingerprint density at radius 3 is 2.29 bits per heavy atom. The number of hydrogen-bond donors (Lipinski definition) is 2. The number of aliphatic hydroxyl groups excluding tert-OH is 1. The van der Waals surface area contributed by atoms with Crippen molar-refractivity contribution in [1.29, 1.82) is 0 Å². The highest BCUT2D eigenvalue weighted by atomic mass is 16.3. The van der Waals surface area contributed by atoms with Crippen LogP contribution >= 0.6 is 0 Å². The van der Waals surface area contributed by atoms with E-state index in [1.54, 1.807) is 13.0 Å². The Kier molecular flexibility index (Phi) is 2.18. The largest absolute Gasteiger partial charge is 0.393 e. The molecule has 0 saturated heterocycles. The van der Waals surface area contributed by atoms with E-state index < -0.39 is 5.60 Å². The molecule has 17 heavy (non-hydrogen) atoms. The zero-order valence-corrected chi connectivity index (χ0v) is 11.1. The molecule has 0 radical (unpaired) electrons. The van der Waals surface area contributed by atoms with E-state index in [9.17, 15) is 5.11 Å². The molecule has 4 unspecified atom stereocenters. The topological polar surface area (TPSA) is 40.5 Å². The maximum Gasteiger partial charge on any atom is 0.103 e. The highest BCUT2D eigenvalue weighted by Gasteiger charge is 2.80. The summed E-state index contributed by atoms with van der Waals surface area (Å²) < 4.78 is 0. The number of hydrogen-bond acceptors (Lipinski definition) is 2. The van der Waals surface area contributed by atoms with E-state index in [0.29, 0.717) is 10.8 Å². The summed E-state index contributed by atoms with van der Waals surface area (Å²) in [5, 5.41) is 18.8. The van der Waals surface area contributed by atoms with Crippen molar-refractivity contribution in [2.45, 2.75) is 45.6 Å². The molecule has 4 atom stereocenters. The average Bonchev–Trinajstić information content (AvgIpc) is 2.63. The molecular weight excluding hydrogens is 212 g/mol. The monoisotopic (exact) mass is 236 g/mol. The van der Waals surface area contributed by atoms with Gasteiger partial charge in [0.1, 0.15) is 5.60 Å². The predicted molar refractivity (Wildman–Crippen MR) is 67.4 cm³/mol. The van der Waals surface area contributed by atoms with Crippen molar-refractivity contribution in [3.63, 3.8) is 0 Å². The van der Waals surface area contributed by atoms with Crippen LogP contribution in [0.25, 0.3) is 0 Å². The van der Waals surface area contributed by atoms with Crippen LogP contribution < -0.4 is 0 Å². The van der Waals surface area contributed by atoms with Crippen molar-refractivity contribution in [1.82, 2.24) is 0 Å². The van der Waals surface area contributed by atoms with Crippen LogP contribution in [0.5, 0.6) is 0 Å². The van der Waals surface area contributed by atoms with E-state index in [-0.39, 0.29) is 6.61 Å². The smallest absolute Gasteiger partial charge is 0.103 e. The molecule has 4 bridgehead atoms. The third-order valence-corrected chi connectivity index (χ3v) is 6.46. The molecule has 0 spiro atoms. The molecule has 2 heteroatoms. The van der Waals surface area contributed by atoms with Gasteiger partial charge < -0.3 is 10.2 Å². The Morgan fingerprint density at radius 1 is 1.29 bits per heavy atom. The van der Waals surface area contributed by atoms with Crippen LogP contribution in [0.15, 0.2) is 12.2 Å². The van der Waals surface area contributed by atoms with Crippen LogP contribution in [-0.2, 0) is 0 Å². The van der Waals surface area contributed by atoms with E-state index in [4.69, 9.17) is 5.11 Å². The molecule has 2 N–H and O–H groups in total. The SMILES string of the molecule is CC(O)(/C=C/CC1(C)C2CC3C(C2)C31C)CO. The summed E-state index contributed by atoms with van der Waals surface area (Å²) in [5.74, 6) is 2.87. The van der Waals surface area contributed by atoms with Crippen molar-refractivity contribution in [3.8, 4) is 0 Å². The van der Waals surface area contributed by atoms with Crippen LogP contribution in [0, 0.1) is 28.6 Å². The number of allylic oxidation sites excluding steroid dienone is 1. The lowest BCUT2D eigenvalue weighted by atomic mass is 9.71. The average molecular weight is 236 g/mol. The predicted octanol–water partition coefficient (Wildman–Crippen LogP) is 2.36. The van der Waals surface area contributed by atoms with Gasteiger partial charge in [0.25, 0.3) is 0 Å². The second-order valence-electron chi connectivity index (χ2n) is 7.20. The Labute approximate surface area is 104 Å². The number of rotatable bonds is 4. The molecule has 4 fully saturated rings. The lowest BCUT2D eigenvalue weighted by molar-refractivity contribution is 0.0428. The van der Waals surface area contributed by atoms with Gasteiger partial charge in [0.2, 0.25) is 0 Å². The highest BCUT2D eigenvalue weighted by Crippen LogP contribution is 2.86. The summed E-state index contributed by atoms with van der Waals surface area (Å²) in [7, 11) is 0. The first-order valence-corrected chi connectivity index (χ1v) is 6.86. The molecule has 96 valence electrons. The second kappa shape index (κ2) is 3.16. The summed E-state index contributed by atoms with van der Waals surface area (Å²) >= 11 is 0. The fraction of sp³-hybridized carbons (Fsp3) is 0.867. The van der Waals surface area contributed by atoms with Crippen LogP contribution in [0.3, 0.4) is 0 Å². The van der Waals surface area contributed by atoms with E-state index in [0.717, 1.165) is 24.2 Å². The van der Waals surface area contributed by atoms with Crippen molar-refractivity contribution < 1.29 is 10.2 Å². The second-order valence-corrected chi connectivity index (χ2v) is 7.20. The Morgan fingerprint density at radius 2 is 1.88 bits per heavy atom. The Hall–Kier alpha value is -0.340. The third-order valence-electron chi connectivity index (χ3n) is 6.46. The maximum absolute atomic E-state index is 9.76. The zero-order chi connectivity index (χ0) is 12.5. The zero-order valence-electron chi connectivity index (χ0n) is 11.1. The first kappa shape index (κ1) is 11.7. The van der Waals surface area contributed by atoms with Gasteiger partial charge in [-0.1, -0.05) is 26.0 Å². The van der Waals surface area contributed by atoms with Crippen molar-refractivity contribution in [3.05, 3.63) is 12.2 Å². The Balaban J connectivity index is 1.71. The van der Waals surface area contributed by atoms with E-state index >= 15 is 0 Å². The van der Waals surface area contributed by atoms with E-state index in [1.807, 2.05) is 0 Å². The van der Waals surface area contributed by atoms with E-state index in [2.05, 4.69) is 19.9 Å². The van der Waals surface area contributed by atoms with Gasteiger partial charge in [0, 0.05) is 0 Å². The Bertz CT molecular complexity index is 359. The van der Waals surface area contributed by atoms with Gasteiger partial charge in [-0.2, -0.15) is 0 Å². The summed E-state index contributed by atoms with van der Waals surface area (Å²) in [6.45, 7) is 6.35. The maximum atomic E-state index is 9.76. The molecule has 4 rings (SSSR count). The highest BCUT2D eigenvalue weighted by molar-refractivity contribution is 5.29. The molecule has 4 saturated carbocycles. The minimum absolute atomic E-state index is 0.202. The van der Waals surface area contributed by atoms with Gasteiger partial charge in [-0.3, -0.25) is 0 Å². The summed E-state index contributed by atoms with van der Waals surface area (Å²) in [6, 6.07) is 0.